The Kier molecular flexibility index (Phi) is 5.06. The summed E-state index contributed by atoms with van der Waals surface area (Å²) in [5.74, 6) is 0.675. The lowest BCUT2D eigenvalue weighted by molar-refractivity contribution is 0.108. The van der Waals surface area contributed by atoms with Crippen molar-refractivity contribution in [3.63, 3.8) is 0 Å². The van der Waals surface area contributed by atoms with E-state index in [-0.39, 0.29) is 6.61 Å². The van der Waals surface area contributed by atoms with E-state index in [1.54, 1.807) is 23.5 Å². The average Bonchev–Trinajstić information content (AvgIpc) is 2.72. The molecule has 1 aromatic carbocycles. The van der Waals surface area contributed by atoms with Gasteiger partial charge in [0.15, 0.2) is 0 Å². The number of hydrogen-bond acceptors (Lipinski definition) is 3. The minimum absolute atomic E-state index is 0.260. The zero-order valence-electron chi connectivity index (χ0n) is 9.48. The van der Waals surface area contributed by atoms with E-state index in [0.717, 1.165) is 8.66 Å². The Morgan fingerprint density at radius 1 is 1.33 bits per heavy atom. The first kappa shape index (κ1) is 13.9. The van der Waals surface area contributed by atoms with E-state index in [0.29, 0.717) is 17.2 Å². The van der Waals surface area contributed by atoms with Gasteiger partial charge in [-0.3, -0.25) is 0 Å². The van der Waals surface area contributed by atoms with Crippen LogP contribution in [0.1, 0.15) is 4.88 Å². The molecule has 96 valence electrons. The van der Waals surface area contributed by atoms with Crippen LogP contribution in [0.4, 0.5) is 0 Å². The molecule has 0 amide bonds. The van der Waals surface area contributed by atoms with Gasteiger partial charge in [-0.2, -0.15) is 0 Å². The fraction of sp³-hybridized carbons (Fsp3) is 0.231. The molecule has 2 rings (SSSR count). The van der Waals surface area contributed by atoms with Crippen LogP contribution in [0.5, 0.6) is 5.75 Å². The maximum atomic E-state index is 9.88. The highest BCUT2D eigenvalue weighted by atomic mass is 79.9. The van der Waals surface area contributed by atoms with Crippen molar-refractivity contribution in [3.05, 3.63) is 50.1 Å². The van der Waals surface area contributed by atoms with E-state index in [1.807, 2.05) is 24.3 Å². The molecule has 0 saturated heterocycles. The van der Waals surface area contributed by atoms with Crippen LogP contribution in [0, 0.1) is 0 Å². The molecule has 5 heteroatoms. The summed E-state index contributed by atoms with van der Waals surface area (Å²) in [6.45, 7) is 0.260. The standard InChI is InChI=1S/C13H12BrClO2S/c14-13-5-4-12(18-13)7-10(16)8-17-11-3-1-2-9(15)6-11/h1-6,10,16H,7-8H2. The topological polar surface area (TPSA) is 29.5 Å². The van der Waals surface area contributed by atoms with Gasteiger partial charge in [0.2, 0.25) is 0 Å². The summed E-state index contributed by atoms with van der Waals surface area (Å²) in [4.78, 5) is 1.13. The highest BCUT2D eigenvalue weighted by molar-refractivity contribution is 9.11. The largest absolute Gasteiger partial charge is 0.491 e. The van der Waals surface area contributed by atoms with Crippen LogP contribution in [0.3, 0.4) is 0 Å². The second kappa shape index (κ2) is 6.57. The zero-order chi connectivity index (χ0) is 13.0. The maximum absolute atomic E-state index is 9.88. The third-order valence-corrected chi connectivity index (χ3v) is 4.19. The molecule has 0 aliphatic rings. The van der Waals surface area contributed by atoms with Crippen molar-refractivity contribution >= 4 is 38.9 Å². The second-order valence-electron chi connectivity index (χ2n) is 3.83. The summed E-state index contributed by atoms with van der Waals surface area (Å²) in [5, 5.41) is 10.5. The van der Waals surface area contributed by atoms with E-state index < -0.39 is 6.10 Å². The smallest absolute Gasteiger partial charge is 0.120 e. The van der Waals surface area contributed by atoms with Crippen molar-refractivity contribution in [1.82, 2.24) is 0 Å². The lowest BCUT2D eigenvalue weighted by atomic mass is 10.2. The van der Waals surface area contributed by atoms with Gasteiger partial charge in [-0.1, -0.05) is 17.7 Å². The predicted octanol–water partition coefficient (Wildman–Crippen LogP) is 4.15. The molecule has 0 aliphatic carbocycles. The molecule has 0 radical (unpaired) electrons. The highest BCUT2D eigenvalue weighted by Crippen LogP contribution is 2.23. The van der Waals surface area contributed by atoms with Crippen molar-refractivity contribution in [2.45, 2.75) is 12.5 Å². The minimum atomic E-state index is -0.519. The van der Waals surface area contributed by atoms with Crippen molar-refractivity contribution in [1.29, 1.82) is 0 Å². The fourth-order valence-corrected chi connectivity index (χ4v) is 3.24. The Morgan fingerprint density at radius 2 is 2.17 bits per heavy atom. The Morgan fingerprint density at radius 3 is 2.83 bits per heavy atom. The van der Waals surface area contributed by atoms with Crippen LogP contribution in [-0.4, -0.2) is 17.8 Å². The maximum Gasteiger partial charge on any atom is 0.120 e. The third-order valence-electron chi connectivity index (χ3n) is 2.30. The van der Waals surface area contributed by atoms with E-state index >= 15 is 0 Å². The number of ether oxygens (including phenoxy) is 1. The molecule has 0 saturated carbocycles. The lowest BCUT2D eigenvalue weighted by Gasteiger charge is -2.11. The minimum Gasteiger partial charge on any atom is -0.491 e. The molecule has 0 aliphatic heterocycles. The molecule has 1 unspecified atom stereocenters. The van der Waals surface area contributed by atoms with Crippen molar-refractivity contribution < 1.29 is 9.84 Å². The molecule has 0 bridgehead atoms. The molecule has 2 nitrogen and oxygen atoms in total. The summed E-state index contributed by atoms with van der Waals surface area (Å²) in [5.41, 5.74) is 0. The van der Waals surface area contributed by atoms with Gasteiger partial charge in [-0.05, 0) is 46.3 Å². The Bertz CT molecular complexity index is 515. The van der Waals surface area contributed by atoms with Crippen LogP contribution in [0.25, 0.3) is 0 Å². The third kappa shape index (κ3) is 4.28. The SMILES string of the molecule is OC(COc1cccc(Cl)c1)Cc1ccc(Br)s1. The van der Waals surface area contributed by atoms with Crippen molar-refractivity contribution in [2.75, 3.05) is 6.61 Å². The Labute approximate surface area is 123 Å². The number of halogens is 2. The van der Waals surface area contributed by atoms with Gasteiger partial charge >= 0.3 is 0 Å². The number of thiophene rings is 1. The fourth-order valence-electron chi connectivity index (χ4n) is 1.50. The molecule has 1 aromatic heterocycles. The van der Waals surface area contributed by atoms with Crippen LogP contribution in [0.2, 0.25) is 5.02 Å². The highest BCUT2D eigenvalue weighted by Gasteiger charge is 2.08. The molecule has 2 aromatic rings. The summed E-state index contributed by atoms with van der Waals surface area (Å²) in [6, 6.07) is 11.1. The number of aliphatic hydroxyl groups excluding tert-OH is 1. The summed E-state index contributed by atoms with van der Waals surface area (Å²) >= 11 is 10.9. The van der Waals surface area contributed by atoms with Crippen molar-refractivity contribution in [2.24, 2.45) is 0 Å². The van der Waals surface area contributed by atoms with E-state index in [1.165, 1.54) is 0 Å². The summed E-state index contributed by atoms with van der Waals surface area (Å²) in [7, 11) is 0. The number of aliphatic hydroxyl groups is 1. The first-order chi connectivity index (χ1) is 8.63. The van der Waals surface area contributed by atoms with Crippen LogP contribution < -0.4 is 4.74 Å². The molecule has 0 fully saturated rings. The molecule has 1 atom stereocenters. The van der Waals surface area contributed by atoms with Gasteiger partial charge in [-0.25, -0.2) is 0 Å². The normalized spacial score (nSPS) is 12.4. The lowest BCUT2D eigenvalue weighted by Crippen LogP contribution is -2.19. The Hall–Kier alpha value is -0.550. The van der Waals surface area contributed by atoms with Gasteiger partial charge in [-0.15, -0.1) is 11.3 Å². The quantitative estimate of drug-likeness (QED) is 0.880. The van der Waals surface area contributed by atoms with Crippen molar-refractivity contribution in [3.8, 4) is 5.75 Å². The number of rotatable bonds is 5. The number of hydrogen-bond donors (Lipinski definition) is 1. The first-order valence-electron chi connectivity index (χ1n) is 5.44. The summed E-state index contributed by atoms with van der Waals surface area (Å²) in [6.07, 6.45) is 0.0751. The monoisotopic (exact) mass is 346 g/mol. The Balaban J connectivity index is 1.83. The van der Waals surface area contributed by atoms with E-state index in [2.05, 4.69) is 15.9 Å². The molecule has 1 heterocycles. The molecule has 18 heavy (non-hydrogen) atoms. The van der Waals surface area contributed by atoms with Gasteiger partial charge in [0.25, 0.3) is 0 Å². The van der Waals surface area contributed by atoms with E-state index in [4.69, 9.17) is 16.3 Å². The van der Waals surface area contributed by atoms with Gasteiger partial charge in [0.1, 0.15) is 12.4 Å². The second-order valence-corrected chi connectivity index (χ2v) is 6.82. The molecule has 1 N–H and O–H groups in total. The average molecular weight is 348 g/mol. The van der Waals surface area contributed by atoms with Gasteiger partial charge < -0.3 is 9.84 Å². The van der Waals surface area contributed by atoms with Crippen LogP contribution in [0.15, 0.2) is 40.2 Å². The zero-order valence-corrected chi connectivity index (χ0v) is 12.6. The molecular formula is C13H12BrClO2S. The predicted molar refractivity (Wildman–Crippen MR) is 78.7 cm³/mol. The first-order valence-corrected chi connectivity index (χ1v) is 7.43. The summed E-state index contributed by atoms with van der Waals surface area (Å²) < 4.78 is 6.56. The van der Waals surface area contributed by atoms with Gasteiger partial charge in [0.05, 0.1) is 9.89 Å². The van der Waals surface area contributed by atoms with Gasteiger partial charge in [0, 0.05) is 16.3 Å². The van der Waals surface area contributed by atoms with Crippen LogP contribution in [-0.2, 0) is 6.42 Å². The number of benzene rings is 1. The molecular weight excluding hydrogens is 336 g/mol. The van der Waals surface area contributed by atoms with Crippen LogP contribution >= 0.6 is 38.9 Å². The molecule has 0 spiro atoms. The van der Waals surface area contributed by atoms with E-state index in [9.17, 15) is 5.11 Å².